The zero-order valence-electron chi connectivity index (χ0n) is 14.9. The van der Waals surface area contributed by atoms with Crippen LogP contribution >= 0.6 is 11.6 Å². The summed E-state index contributed by atoms with van der Waals surface area (Å²) in [5, 5.41) is 10.4. The standard InChI is InChI=1S/C17H23ClN4O3/c1-11-14(12(2)22(21-11)7-8-24-3)10-19-17(23)20-16-6-5-13(25-4)9-15(16)18/h5-6,9H,7-8,10H2,1-4H3,(H2,19,20,23). The Morgan fingerprint density at radius 1 is 1.32 bits per heavy atom. The fourth-order valence-electron chi connectivity index (χ4n) is 2.44. The van der Waals surface area contributed by atoms with Gasteiger partial charge >= 0.3 is 6.03 Å². The van der Waals surface area contributed by atoms with Crippen molar-refractivity contribution >= 4 is 23.3 Å². The lowest BCUT2D eigenvalue weighted by molar-refractivity contribution is 0.182. The van der Waals surface area contributed by atoms with Gasteiger partial charge in [-0.1, -0.05) is 11.6 Å². The number of carbonyl (C=O) groups is 1. The van der Waals surface area contributed by atoms with Gasteiger partial charge in [0.15, 0.2) is 0 Å². The number of carbonyl (C=O) groups excluding carboxylic acids is 1. The van der Waals surface area contributed by atoms with Crippen molar-refractivity contribution in [2.45, 2.75) is 26.9 Å². The van der Waals surface area contributed by atoms with E-state index in [0.29, 0.717) is 36.2 Å². The molecule has 1 aromatic carbocycles. The summed E-state index contributed by atoms with van der Waals surface area (Å²) in [6.07, 6.45) is 0. The molecule has 25 heavy (non-hydrogen) atoms. The van der Waals surface area contributed by atoms with Crippen molar-refractivity contribution in [3.8, 4) is 5.75 Å². The third-order valence-electron chi connectivity index (χ3n) is 3.89. The summed E-state index contributed by atoms with van der Waals surface area (Å²) in [5.41, 5.74) is 3.41. The number of nitrogens with one attached hydrogen (secondary N) is 2. The van der Waals surface area contributed by atoms with Crippen LogP contribution in [0.4, 0.5) is 10.5 Å². The number of rotatable bonds is 7. The minimum atomic E-state index is -0.337. The highest BCUT2D eigenvalue weighted by molar-refractivity contribution is 6.33. The molecule has 0 aliphatic heterocycles. The Labute approximate surface area is 152 Å². The third-order valence-corrected chi connectivity index (χ3v) is 4.20. The number of hydrogen-bond acceptors (Lipinski definition) is 4. The van der Waals surface area contributed by atoms with Crippen molar-refractivity contribution in [1.29, 1.82) is 0 Å². The molecule has 0 saturated heterocycles. The van der Waals surface area contributed by atoms with Gasteiger partial charge in [0.1, 0.15) is 5.75 Å². The summed E-state index contributed by atoms with van der Waals surface area (Å²) in [7, 11) is 3.21. The van der Waals surface area contributed by atoms with Crippen LogP contribution in [0.2, 0.25) is 5.02 Å². The van der Waals surface area contributed by atoms with Crippen LogP contribution in [0.3, 0.4) is 0 Å². The highest BCUT2D eigenvalue weighted by atomic mass is 35.5. The van der Waals surface area contributed by atoms with Gasteiger partial charge in [-0.3, -0.25) is 4.68 Å². The summed E-state index contributed by atoms with van der Waals surface area (Å²) >= 11 is 6.12. The van der Waals surface area contributed by atoms with Gasteiger partial charge in [0.2, 0.25) is 0 Å². The second-order valence-electron chi connectivity index (χ2n) is 5.52. The van der Waals surface area contributed by atoms with Crippen molar-refractivity contribution in [3.05, 3.63) is 40.2 Å². The number of aromatic nitrogens is 2. The topological polar surface area (TPSA) is 77.4 Å². The van der Waals surface area contributed by atoms with Crippen LogP contribution in [0.1, 0.15) is 17.0 Å². The van der Waals surface area contributed by atoms with Crippen LogP contribution in [0, 0.1) is 13.8 Å². The Morgan fingerprint density at radius 3 is 2.72 bits per heavy atom. The first-order valence-corrected chi connectivity index (χ1v) is 8.24. The van der Waals surface area contributed by atoms with E-state index < -0.39 is 0 Å². The summed E-state index contributed by atoms with van der Waals surface area (Å²) in [4.78, 5) is 12.1. The number of halogens is 1. The van der Waals surface area contributed by atoms with Gasteiger partial charge in [0.25, 0.3) is 0 Å². The second kappa shape index (κ2) is 8.73. The van der Waals surface area contributed by atoms with Crippen LogP contribution in [0.5, 0.6) is 5.75 Å². The van der Waals surface area contributed by atoms with Crippen LogP contribution in [0.25, 0.3) is 0 Å². The van der Waals surface area contributed by atoms with E-state index in [0.717, 1.165) is 17.0 Å². The number of benzene rings is 1. The molecule has 8 heteroatoms. The van der Waals surface area contributed by atoms with E-state index >= 15 is 0 Å². The molecule has 2 amide bonds. The Bertz CT molecular complexity index is 746. The Balaban J connectivity index is 1.97. The quantitative estimate of drug-likeness (QED) is 0.789. The molecule has 0 spiro atoms. The smallest absolute Gasteiger partial charge is 0.319 e. The molecule has 0 radical (unpaired) electrons. The van der Waals surface area contributed by atoms with E-state index in [1.807, 2.05) is 18.5 Å². The lowest BCUT2D eigenvalue weighted by Gasteiger charge is -2.10. The molecular formula is C17H23ClN4O3. The van der Waals surface area contributed by atoms with E-state index in [4.69, 9.17) is 21.1 Å². The van der Waals surface area contributed by atoms with Crippen molar-refractivity contribution in [3.63, 3.8) is 0 Å². The summed E-state index contributed by atoms with van der Waals surface area (Å²) in [5.74, 6) is 0.630. The van der Waals surface area contributed by atoms with Crippen LogP contribution in [0.15, 0.2) is 18.2 Å². The van der Waals surface area contributed by atoms with Crippen molar-refractivity contribution in [2.75, 3.05) is 26.1 Å². The molecule has 136 valence electrons. The van der Waals surface area contributed by atoms with Gasteiger partial charge in [0, 0.05) is 31.0 Å². The number of aryl methyl sites for hydroxylation is 1. The molecule has 0 fully saturated rings. The average molecular weight is 367 g/mol. The number of nitrogens with zero attached hydrogens (tertiary/aromatic N) is 2. The van der Waals surface area contributed by atoms with Crippen LogP contribution in [-0.2, 0) is 17.8 Å². The first kappa shape index (κ1) is 19.1. The average Bonchev–Trinajstić information content (AvgIpc) is 2.86. The first-order chi connectivity index (χ1) is 12.0. The van der Waals surface area contributed by atoms with E-state index in [1.54, 1.807) is 32.4 Å². The molecule has 0 aliphatic rings. The highest BCUT2D eigenvalue weighted by Crippen LogP contribution is 2.26. The number of hydrogen-bond donors (Lipinski definition) is 2. The highest BCUT2D eigenvalue weighted by Gasteiger charge is 2.13. The predicted octanol–water partition coefficient (Wildman–Crippen LogP) is 3.13. The van der Waals surface area contributed by atoms with E-state index in [9.17, 15) is 4.79 Å². The second-order valence-corrected chi connectivity index (χ2v) is 5.93. The first-order valence-electron chi connectivity index (χ1n) is 7.86. The number of methoxy groups -OCH3 is 2. The molecule has 2 N–H and O–H groups in total. The monoisotopic (exact) mass is 366 g/mol. The SMILES string of the molecule is COCCn1nc(C)c(CNC(=O)Nc2ccc(OC)cc2Cl)c1C. The van der Waals surface area contributed by atoms with Crippen molar-refractivity contribution < 1.29 is 14.3 Å². The molecule has 0 atom stereocenters. The molecule has 7 nitrogen and oxygen atoms in total. The van der Waals surface area contributed by atoms with E-state index in [-0.39, 0.29) is 6.03 Å². The van der Waals surface area contributed by atoms with Crippen molar-refractivity contribution in [2.24, 2.45) is 0 Å². The normalized spacial score (nSPS) is 10.6. The summed E-state index contributed by atoms with van der Waals surface area (Å²) in [6.45, 7) is 5.54. The largest absolute Gasteiger partial charge is 0.497 e. The molecule has 0 saturated carbocycles. The maximum atomic E-state index is 12.1. The van der Waals surface area contributed by atoms with E-state index in [2.05, 4.69) is 15.7 Å². The molecule has 1 heterocycles. The molecule has 2 aromatic rings. The van der Waals surface area contributed by atoms with Gasteiger partial charge in [0.05, 0.1) is 36.7 Å². The Kier molecular flexibility index (Phi) is 6.66. The fraction of sp³-hybridized carbons (Fsp3) is 0.412. The van der Waals surface area contributed by atoms with Crippen LogP contribution < -0.4 is 15.4 Å². The van der Waals surface area contributed by atoms with E-state index in [1.165, 1.54) is 0 Å². The molecule has 1 aromatic heterocycles. The predicted molar refractivity (Wildman–Crippen MR) is 97.4 cm³/mol. The zero-order valence-corrected chi connectivity index (χ0v) is 15.6. The van der Waals surface area contributed by atoms with Gasteiger partial charge in [-0.15, -0.1) is 0 Å². The summed E-state index contributed by atoms with van der Waals surface area (Å²) < 4.78 is 12.0. The minimum absolute atomic E-state index is 0.337. The molecule has 0 bridgehead atoms. The number of ether oxygens (including phenoxy) is 2. The Morgan fingerprint density at radius 2 is 2.08 bits per heavy atom. The molecule has 0 aliphatic carbocycles. The van der Waals surface area contributed by atoms with Crippen LogP contribution in [-0.4, -0.2) is 36.6 Å². The summed E-state index contributed by atoms with van der Waals surface area (Å²) in [6, 6.07) is 4.73. The maximum Gasteiger partial charge on any atom is 0.319 e. The van der Waals surface area contributed by atoms with Gasteiger partial charge in [-0.25, -0.2) is 4.79 Å². The zero-order chi connectivity index (χ0) is 18.4. The number of amides is 2. The lowest BCUT2D eigenvalue weighted by atomic mass is 10.2. The molecule has 2 rings (SSSR count). The lowest BCUT2D eigenvalue weighted by Crippen LogP contribution is -2.28. The third kappa shape index (κ3) is 4.87. The molecular weight excluding hydrogens is 344 g/mol. The fourth-order valence-corrected chi connectivity index (χ4v) is 2.66. The Hall–Kier alpha value is -2.25. The minimum Gasteiger partial charge on any atom is -0.497 e. The van der Waals surface area contributed by atoms with Gasteiger partial charge < -0.3 is 20.1 Å². The number of anilines is 1. The maximum absolute atomic E-state index is 12.1. The number of urea groups is 1. The molecule has 0 unspecified atom stereocenters. The van der Waals surface area contributed by atoms with Gasteiger partial charge in [-0.2, -0.15) is 5.10 Å². The van der Waals surface area contributed by atoms with Gasteiger partial charge in [-0.05, 0) is 26.0 Å². The van der Waals surface area contributed by atoms with Crippen molar-refractivity contribution in [1.82, 2.24) is 15.1 Å².